The van der Waals surface area contributed by atoms with Crippen LogP contribution in [-0.2, 0) is 9.53 Å². The highest BCUT2D eigenvalue weighted by Gasteiger charge is 2.31. The van der Waals surface area contributed by atoms with Gasteiger partial charge in [-0.05, 0) is 31.6 Å². The van der Waals surface area contributed by atoms with E-state index >= 15 is 0 Å². The van der Waals surface area contributed by atoms with E-state index in [1.165, 1.54) is 12.8 Å². The molecule has 0 aromatic carbocycles. The van der Waals surface area contributed by atoms with Crippen LogP contribution in [0.2, 0.25) is 0 Å². The highest BCUT2D eigenvalue weighted by Crippen LogP contribution is 2.38. The molecule has 2 heteroatoms. The zero-order valence-corrected chi connectivity index (χ0v) is 6.54. The first-order valence-corrected chi connectivity index (χ1v) is 3.84. The van der Waals surface area contributed by atoms with Crippen molar-refractivity contribution in [1.29, 1.82) is 0 Å². The third-order valence-electron chi connectivity index (χ3n) is 2.38. The van der Waals surface area contributed by atoms with Gasteiger partial charge in [-0.15, -0.1) is 0 Å². The maximum absolute atomic E-state index is 9.94. The lowest BCUT2D eigenvalue weighted by molar-refractivity contribution is -0.135. The summed E-state index contributed by atoms with van der Waals surface area (Å²) >= 11 is 0. The Hall–Kier alpha value is -0.530. The molecule has 2 nitrogen and oxygen atoms in total. The van der Waals surface area contributed by atoms with Gasteiger partial charge < -0.3 is 4.74 Å². The van der Waals surface area contributed by atoms with Crippen LogP contribution in [0.3, 0.4) is 0 Å². The smallest absolute Gasteiger partial charge is 0.293 e. The molecule has 1 rings (SSSR count). The van der Waals surface area contributed by atoms with Gasteiger partial charge in [0.1, 0.15) is 6.10 Å². The van der Waals surface area contributed by atoms with Crippen LogP contribution in [0.15, 0.2) is 0 Å². The number of carbonyl (C=O) groups is 1. The van der Waals surface area contributed by atoms with Crippen molar-refractivity contribution in [1.82, 2.24) is 0 Å². The lowest BCUT2D eigenvalue weighted by Gasteiger charge is -2.16. The minimum absolute atomic E-state index is 0.102. The predicted molar refractivity (Wildman–Crippen MR) is 38.5 cm³/mol. The average Bonchev–Trinajstić information content (AvgIpc) is 2.68. The normalized spacial score (nSPS) is 23.4. The summed E-state index contributed by atoms with van der Waals surface area (Å²) in [6, 6.07) is 0. The Kier molecular flexibility index (Phi) is 2.30. The summed E-state index contributed by atoms with van der Waals surface area (Å²) in [4.78, 5) is 9.94. The molecule has 0 N–H and O–H groups in total. The van der Waals surface area contributed by atoms with Crippen molar-refractivity contribution >= 4 is 6.47 Å². The van der Waals surface area contributed by atoms with Gasteiger partial charge in [0.05, 0.1) is 0 Å². The van der Waals surface area contributed by atoms with E-state index in [4.69, 9.17) is 4.74 Å². The second kappa shape index (κ2) is 3.04. The summed E-state index contributed by atoms with van der Waals surface area (Å²) in [7, 11) is 0. The maximum atomic E-state index is 9.94. The third-order valence-corrected chi connectivity index (χ3v) is 2.38. The molecule has 0 amide bonds. The van der Waals surface area contributed by atoms with Gasteiger partial charge in [-0.1, -0.05) is 6.92 Å². The van der Waals surface area contributed by atoms with E-state index in [0.717, 1.165) is 5.92 Å². The van der Waals surface area contributed by atoms with Crippen LogP contribution in [0.4, 0.5) is 0 Å². The lowest BCUT2D eigenvalue weighted by Crippen LogP contribution is -2.18. The number of rotatable bonds is 4. The van der Waals surface area contributed by atoms with E-state index in [1.54, 1.807) is 0 Å². The topological polar surface area (TPSA) is 26.3 Å². The van der Waals surface area contributed by atoms with Crippen LogP contribution in [0.5, 0.6) is 0 Å². The second-order valence-electron chi connectivity index (χ2n) is 3.13. The van der Waals surface area contributed by atoms with Crippen molar-refractivity contribution in [3.63, 3.8) is 0 Å². The summed E-state index contributed by atoms with van der Waals surface area (Å²) in [6.07, 6.45) is 2.73. The fraction of sp³-hybridized carbons (Fsp3) is 0.875. The Balaban J connectivity index is 2.23. The largest absolute Gasteiger partial charge is 0.465 e. The fourth-order valence-electron chi connectivity index (χ4n) is 1.22. The van der Waals surface area contributed by atoms with Crippen LogP contribution in [0.25, 0.3) is 0 Å². The minimum atomic E-state index is 0.102. The molecule has 10 heavy (non-hydrogen) atoms. The summed E-state index contributed by atoms with van der Waals surface area (Å²) < 4.78 is 4.82. The zero-order chi connectivity index (χ0) is 7.56. The van der Waals surface area contributed by atoms with Gasteiger partial charge in [-0.2, -0.15) is 0 Å². The monoisotopic (exact) mass is 142 g/mol. The van der Waals surface area contributed by atoms with E-state index in [9.17, 15) is 4.79 Å². The van der Waals surface area contributed by atoms with Gasteiger partial charge in [0.2, 0.25) is 0 Å². The molecular weight excluding hydrogens is 128 g/mol. The van der Waals surface area contributed by atoms with Crippen LogP contribution >= 0.6 is 0 Å². The van der Waals surface area contributed by atoms with Crippen LogP contribution in [0.1, 0.15) is 26.7 Å². The highest BCUT2D eigenvalue weighted by atomic mass is 16.5. The molecule has 1 fully saturated rings. The van der Waals surface area contributed by atoms with Crippen molar-refractivity contribution in [2.45, 2.75) is 32.8 Å². The van der Waals surface area contributed by atoms with Crippen molar-refractivity contribution in [2.75, 3.05) is 0 Å². The molecule has 0 heterocycles. The Morgan fingerprint density at radius 1 is 1.50 bits per heavy atom. The average molecular weight is 142 g/mol. The molecule has 0 aromatic rings. The molecule has 0 radical (unpaired) electrons. The van der Waals surface area contributed by atoms with Crippen molar-refractivity contribution in [3.8, 4) is 0 Å². The quantitative estimate of drug-likeness (QED) is 0.557. The van der Waals surface area contributed by atoms with Gasteiger partial charge in [-0.25, -0.2) is 0 Å². The second-order valence-corrected chi connectivity index (χ2v) is 3.13. The van der Waals surface area contributed by atoms with Crippen molar-refractivity contribution in [3.05, 3.63) is 0 Å². The van der Waals surface area contributed by atoms with Crippen molar-refractivity contribution < 1.29 is 9.53 Å². The number of hydrogen-bond acceptors (Lipinski definition) is 2. The van der Waals surface area contributed by atoms with E-state index in [-0.39, 0.29) is 6.10 Å². The van der Waals surface area contributed by atoms with Gasteiger partial charge in [-0.3, -0.25) is 4.79 Å². The molecule has 0 aliphatic heterocycles. The van der Waals surface area contributed by atoms with Crippen LogP contribution < -0.4 is 0 Å². The molecule has 0 aromatic heterocycles. The Morgan fingerprint density at radius 3 is 2.50 bits per heavy atom. The molecule has 1 saturated carbocycles. The maximum Gasteiger partial charge on any atom is 0.293 e. The van der Waals surface area contributed by atoms with E-state index in [0.29, 0.717) is 12.4 Å². The molecule has 1 aliphatic carbocycles. The molecule has 2 atom stereocenters. The predicted octanol–water partition coefficient (Wildman–Crippen LogP) is 1.59. The van der Waals surface area contributed by atoms with Gasteiger partial charge in [0.25, 0.3) is 6.47 Å². The SMILES string of the molecule is CC(OC=O)C(C)C1CC1. The standard InChI is InChI=1S/C8H14O2/c1-6(8-3-4-8)7(2)10-5-9/h5-8H,3-4H2,1-2H3. The third kappa shape index (κ3) is 1.72. The Morgan fingerprint density at radius 2 is 2.10 bits per heavy atom. The first-order chi connectivity index (χ1) is 4.75. The van der Waals surface area contributed by atoms with Gasteiger partial charge >= 0.3 is 0 Å². The van der Waals surface area contributed by atoms with Crippen LogP contribution in [-0.4, -0.2) is 12.6 Å². The fourth-order valence-corrected chi connectivity index (χ4v) is 1.22. The summed E-state index contributed by atoms with van der Waals surface area (Å²) in [5, 5.41) is 0. The van der Waals surface area contributed by atoms with Crippen LogP contribution in [0, 0.1) is 11.8 Å². The van der Waals surface area contributed by atoms with E-state index in [1.807, 2.05) is 6.92 Å². The number of carbonyl (C=O) groups excluding carboxylic acids is 1. The van der Waals surface area contributed by atoms with E-state index < -0.39 is 0 Å². The zero-order valence-electron chi connectivity index (χ0n) is 6.54. The summed E-state index contributed by atoms with van der Waals surface area (Å²) in [5.41, 5.74) is 0. The molecule has 0 bridgehead atoms. The molecule has 58 valence electrons. The molecule has 1 aliphatic rings. The molecule has 0 saturated heterocycles. The molecule has 2 unspecified atom stereocenters. The lowest BCUT2D eigenvalue weighted by atomic mass is 10.0. The summed E-state index contributed by atoms with van der Waals surface area (Å²) in [5.74, 6) is 1.36. The molecular formula is C8H14O2. The van der Waals surface area contributed by atoms with E-state index in [2.05, 4.69) is 6.92 Å². The molecule has 0 spiro atoms. The summed E-state index contributed by atoms with van der Waals surface area (Å²) in [6.45, 7) is 4.65. The highest BCUT2D eigenvalue weighted by molar-refractivity contribution is 5.37. The Bertz CT molecular complexity index is 118. The van der Waals surface area contributed by atoms with Crippen molar-refractivity contribution in [2.24, 2.45) is 11.8 Å². The Labute approximate surface area is 61.6 Å². The van der Waals surface area contributed by atoms with Gasteiger partial charge in [0, 0.05) is 0 Å². The number of hydrogen-bond donors (Lipinski definition) is 0. The van der Waals surface area contributed by atoms with Gasteiger partial charge in [0.15, 0.2) is 0 Å². The first kappa shape index (κ1) is 7.58. The minimum Gasteiger partial charge on any atom is -0.465 e. The number of ether oxygens (including phenoxy) is 1. The first-order valence-electron chi connectivity index (χ1n) is 3.84.